The van der Waals surface area contributed by atoms with Crippen molar-refractivity contribution >= 4 is 23.3 Å². The van der Waals surface area contributed by atoms with Gasteiger partial charge in [-0.25, -0.2) is 0 Å². The Labute approximate surface area is 186 Å². The molecule has 8 nitrogen and oxygen atoms in total. The minimum absolute atomic E-state index is 0.0474. The molecule has 2 aromatic carbocycles. The third-order valence-corrected chi connectivity index (χ3v) is 5.73. The smallest absolute Gasteiger partial charge is 0.257 e. The van der Waals surface area contributed by atoms with Gasteiger partial charge in [0.2, 0.25) is 5.91 Å². The maximum atomic E-state index is 12.4. The van der Waals surface area contributed by atoms with Crippen molar-refractivity contribution < 1.29 is 19.5 Å². The summed E-state index contributed by atoms with van der Waals surface area (Å²) >= 11 is 0. The van der Waals surface area contributed by atoms with E-state index in [0.29, 0.717) is 5.70 Å². The molecular weight excluding hydrogens is 408 g/mol. The van der Waals surface area contributed by atoms with E-state index in [9.17, 15) is 19.5 Å². The van der Waals surface area contributed by atoms with Crippen LogP contribution < -0.4 is 16.0 Å². The molecule has 2 amide bonds. The highest BCUT2D eigenvalue weighted by molar-refractivity contribution is 6.07. The zero-order valence-corrected chi connectivity index (χ0v) is 18.1. The van der Waals surface area contributed by atoms with E-state index < -0.39 is 0 Å². The minimum atomic E-state index is -0.343. The summed E-state index contributed by atoms with van der Waals surface area (Å²) in [6.45, 7) is 0.0474. The highest BCUT2D eigenvalue weighted by Crippen LogP contribution is 2.32. The van der Waals surface area contributed by atoms with E-state index >= 15 is 0 Å². The molecule has 0 aliphatic heterocycles. The number of allylic oxidation sites excluding steroid dienone is 2. The Kier molecular flexibility index (Phi) is 5.85. The van der Waals surface area contributed by atoms with Crippen LogP contribution in [0.1, 0.15) is 27.9 Å². The van der Waals surface area contributed by atoms with Crippen molar-refractivity contribution in [3.63, 3.8) is 0 Å². The number of anilines is 1. The first-order chi connectivity index (χ1) is 15.3. The van der Waals surface area contributed by atoms with Gasteiger partial charge in [-0.1, -0.05) is 30.3 Å². The molecule has 0 aromatic heterocycles. The van der Waals surface area contributed by atoms with Crippen LogP contribution in [0.2, 0.25) is 0 Å². The summed E-state index contributed by atoms with van der Waals surface area (Å²) in [5.41, 5.74) is 3.81. The fourth-order valence-corrected chi connectivity index (χ4v) is 4.01. The van der Waals surface area contributed by atoms with E-state index in [2.05, 4.69) is 28.1 Å². The number of fused-ring (bicyclic) bond motifs is 1. The number of rotatable bonds is 7. The van der Waals surface area contributed by atoms with E-state index in [4.69, 9.17) is 0 Å². The van der Waals surface area contributed by atoms with Crippen LogP contribution in [-0.4, -0.2) is 54.3 Å². The number of carbonyl (C=O) groups is 3. The molecular formula is C24H26N4O4. The number of hydrogen-bond donors (Lipinski definition) is 4. The second kappa shape index (κ2) is 8.74. The highest BCUT2D eigenvalue weighted by Gasteiger charge is 2.29. The van der Waals surface area contributed by atoms with Crippen molar-refractivity contribution in [1.29, 1.82) is 0 Å². The van der Waals surface area contributed by atoms with Crippen molar-refractivity contribution in [1.82, 2.24) is 15.5 Å². The lowest BCUT2D eigenvalue weighted by Gasteiger charge is -2.25. The summed E-state index contributed by atoms with van der Waals surface area (Å²) in [6, 6.07) is 13.0. The number of Topliss-reactive ketones (excluding diaryl/α,β-unsaturated/α-hetero) is 1. The maximum absolute atomic E-state index is 12.4. The van der Waals surface area contributed by atoms with Gasteiger partial charge in [0.05, 0.1) is 24.2 Å². The largest absolute Gasteiger partial charge is 0.505 e. The van der Waals surface area contributed by atoms with Gasteiger partial charge in [-0.3, -0.25) is 14.4 Å². The number of hydrogen-bond acceptors (Lipinski definition) is 6. The Morgan fingerprint density at radius 1 is 1.06 bits per heavy atom. The zero-order valence-electron chi connectivity index (χ0n) is 18.1. The van der Waals surface area contributed by atoms with Crippen LogP contribution in [-0.2, 0) is 22.4 Å². The molecule has 166 valence electrons. The molecule has 0 bridgehead atoms. The predicted octanol–water partition coefficient (Wildman–Crippen LogP) is 1.56. The molecule has 2 aliphatic carbocycles. The van der Waals surface area contributed by atoms with Crippen LogP contribution in [0.15, 0.2) is 53.9 Å². The number of ketones is 1. The average Bonchev–Trinajstić information content (AvgIpc) is 3.17. The molecule has 0 radical (unpaired) electrons. The van der Waals surface area contributed by atoms with Crippen LogP contribution in [0.25, 0.3) is 0 Å². The van der Waals surface area contributed by atoms with Gasteiger partial charge in [0, 0.05) is 25.8 Å². The molecule has 4 rings (SSSR count). The Morgan fingerprint density at radius 3 is 2.38 bits per heavy atom. The van der Waals surface area contributed by atoms with Crippen molar-refractivity contribution in [3.05, 3.63) is 70.5 Å². The molecule has 0 unspecified atom stereocenters. The lowest BCUT2D eigenvalue weighted by atomic mass is 9.98. The molecule has 8 heteroatoms. The van der Waals surface area contributed by atoms with Crippen LogP contribution >= 0.6 is 0 Å². The van der Waals surface area contributed by atoms with Gasteiger partial charge in [-0.05, 0) is 36.1 Å². The normalized spacial score (nSPS) is 15.1. The van der Waals surface area contributed by atoms with Gasteiger partial charge < -0.3 is 26.0 Å². The van der Waals surface area contributed by atoms with Crippen molar-refractivity contribution in [2.75, 3.05) is 26.0 Å². The summed E-state index contributed by atoms with van der Waals surface area (Å²) in [6.07, 6.45) is 1.82. The quantitative estimate of drug-likeness (QED) is 0.493. The third-order valence-electron chi connectivity index (χ3n) is 5.73. The molecule has 32 heavy (non-hydrogen) atoms. The first-order valence-electron chi connectivity index (χ1n) is 10.5. The highest BCUT2D eigenvalue weighted by atomic mass is 16.3. The minimum Gasteiger partial charge on any atom is -0.505 e. The van der Waals surface area contributed by atoms with Crippen molar-refractivity contribution in [2.24, 2.45) is 0 Å². The van der Waals surface area contributed by atoms with E-state index in [1.54, 1.807) is 26.2 Å². The maximum Gasteiger partial charge on any atom is 0.257 e. The van der Waals surface area contributed by atoms with Gasteiger partial charge >= 0.3 is 0 Å². The summed E-state index contributed by atoms with van der Waals surface area (Å²) in [7, 11) is 3.19. The molecule has 0 saturated heterocycles. The first-order valence-corrected chi connectivity index (χ1v) is 10.5. The molecule has 0 atom stereocenters. The Morgan fingerprint density at radius 2 is 1.75 bits per heavy atom. The van der Waals surface area contributed by atoms with E-state index in [1.165, 1.54) is 22.1 Å². The fourth-order valence-electron chi connectivity index (χ4n) is 4.01. The molecule has 0 spiro atoms. The topological polar surface area (TPSA) is 111 Å². The van der Waals surface area contributed by atoms with Crippen LogP contribution in [0.5, 0.6) is 5.75 Å². The van der Waals surface area contributed by atoms with E-state index in [-0.39, 0.29) is 59.3 Å². The number of nitrogens with zero attached hydrogens (tertiary/aromatic N) is 1. The van der Waals surface area contributed by atoms with E-state index in [1.807, 2.05) is 12.1 Å². The second-order valence-corrected chi connectivity index (χ2v) is 8.27. The Bertz CT molecular complexity index is 1100. The predicted molar refractivity (Wildman–Crippen MR) is 120 cm³/mol. The van der Waals surface area contributed by atoms with Gasteiger partial charge in [-0.15, -0.1) is 0 Å². The van der Waals surface area contributed by atoms with E-state index in [0.717, 1.165) is 12.8 Å². The number of para-hydroxylation sites is 1. The standard InChI is InChI=1S/C24H26N4O4/c1-28(2)24(32)17-8-5-9-18(23(17)31)27-22-19(12-20(22)29)25-13-21(30)26-16-10-14-6-3-4-7-15(14)11-16/h3-9,16,25,27,31H,10-13H2,1-2H3,(H,26,30). The van der Waals surface area contributed by atoms with Crippen molar-refractivity contribution in [2.45, 2.75) is 25.3 Å². The van der Waals surface area contributed by atoms with Crippen molar-refractivity contribution in [3.8, 4) is 5.75 Å². The Balaban J connectivity index is 1.37. The molecule has 2 aliphatic rings. The molecule has 0 saturated carbocycles. The molecule has 4 N–H and O–H groups in total. The molecule has 0 fully saturated rings. The lowest BCUT2D eigenvalue weighted by molar-refractivity contribution is -0.121. The number of nitrogens with one attached hydrogen (secondary N) is 3. The molecule has 0 heterocycles. The fraction of sp³-hybridized carbons (Fsp3) is 0.292. The number of carbonyl (C=O) groups excluding carboxylic acids is 3. The van der Waals surface area contributed by atoms with Gasteiger partial charge in [0.1, 0.15) is 5.70 Å². The monoisotopic (exact) mass is 434 g/mol. The number of amides is 2. The summed E-state index contributed by atoms with van der Waals surface area (Å²) < 4.78 is 0. The summed E-state index contributed by atoms with van der Waals surface area (Å²) in [5.74, 6) is -0.848. The Hall–Kier alpha value is -3.81. The van der Waals surface area contributed by atoms with Gasteiger partial charge in [0.25, 0.3) is 5.91 Å². The van der Waals surface area contributed by atoms with Gasteiger partial charge in [0.15, 0.2) is 11.5 Å². The first kappa shape index (κ1) is 21.4. The summed E-state index contributed by atoms with van der Waals surface area (Å²) in [4.78, 5) is 38.1. The molecule has 2 aromatic rings. The number of phenolic OH excluding ortho intramolecular Hbond substituents is 1. The lowest BCUT2D eigenvalue weighted by Crippen LogP contribution is -2.42. The van der Waals surface area contributed by atoms with Gasteiger partial charge in [-0.2, -0.15) is 0 Å². The average molecular weight is 434 g/mol. The number of phenols is 1. The summed E-state index contributed by atoms with van der Waals surface area (Å²) in [5, 5.41) is 19.4. The zero-order chi connectivity index (χ0) is 22.8. The second-order valence-electron chi connectivity index (χ2n) is 8.27. The number of benzene rings is 2. The van der Waals surface area contributed by atoms with Crippen LogP contribution in [0, 0.1) is 0 Å². The van der Waals surface area contributed by atoms with Crippen LogP contribution in [0.3, 0.4) is 0 Å². The third kappa shape index (κ3) is 4.30. The van der Waals surface area contributed by atoms with Crippen LogP contribution in [0.4, 0.5) is 5.69 Å². The number of aromatic hydroxyl groups is 1. The SMILES string of the molecule is CN(C)C(=O)c1cccc(NC2=C(NCC(=O)NC3Cc4ccccc4C3)CC2=O)c1O.